The van der Waals surface area contributed by atoms with E-state index in [1.165, 1.54) is 33.4 Å². The maximum absolute atomic E-state index is 13.0. The summed E-state index contributed by atoms with van der Waals surface area (Å²) in [6, 6.07) is 9.45. The first-order valence-corrected chi connectivity index (χ1v) is 9.83. The molecule has 3 rings (SSSR count). The standard InChI is InChI=1S/C16H19FN2O2S2/c1-13(16-3-2-12-22-16)18-8-10-19(11-9-18)23(20,21)15-6-4-14(17)5-7-15/h2-7,12-13H,8-11H2,1H3. The highest BCUT2D eigenvalue weighted by molar-refractivity contribution is 7.89. The molecule has 0 aliphatic carbocycles. The van der Waals surface area contributed by atoms with Crippen LogP contribution in [0.25, 0.3) is 0 Å². The van der Waals surface area contributed by atoms with E-state index >= 15 is 0 Å². The smallest absolute Gasteiger partial charge is 0.243 e. The molecule has 0 bridgehead atoms. The highest BCUT2D eigenvalue weighted by Crippen LogP contribution is 2.26. The highest BCUT2D eigenvalue weighted by atomic mass is 32.2. The van der Waals surface area contributed by atoms with Crippen LogP contribution in [-0.2, 0) is 10.0 Å². The van der Waals surface area contributed by atoms with Crippen LogP contribution in [0, 0.1) is 5.82 Å². The first-order chi connectivity index (χ1) is 11.0. The largest absolute Gasteiger partial charge is 0.293 e. The molecular weight excluding hydrogens is 335 g/mol. The summed E-state index contributed by atoms with van der Waals surface area (Å²) in [5, 5.41) is 2.06. The number of piperazine rings is 1. The monoisotopic (exact) mass is 354 g/mol. The summed E-state index contributed by atoms with van der Waals surface area (Å²) in [6.45, 7) is 4.44. The van der Waals surface area contributed by atoms with E-state index in [0.717, 1.165) is 0 Å². The maximum Gasteiger partial charge on any atom is 0.243 e. The lowest BCUT2D eigenvalue weighted by Gasteiger charge is -2.37. The van der Waals surface area contributed by atoms with E-state index in [1.807, 2.05) is 6.07 Å². The van der Waals surface area contributed by atoms with Gasteiger partial charge in [0.2, 0.25) is 10.0 Å². The zero-order valence-corrected chi connectivity index (χ0v) is 14.5. The summed E-state index contributed by atoms with van der Waals surface area (Å²) in [6.07, 6.45) is 0. The topological polar surface area (TPSA) is 40.6 Å². The Bertz CT molecular complexity index is 737. The minimum atomic E-state index is -3.54. The number of hydrogen-bond acceptors (Lipinski definition) is 4. The Morgan fingerprint density at radius 3 is 2.30 bits per heavy atom. The number of hydrogen-bond donors (Lipinski definition) is 0. The van der Waals surface area contributed by atoms with Gasteiger partial charge in [-0.05, 0) is 42.6 Å². The molecule has 2 aromatic rings. The van der Waals surface area contributed by atoms with Crippen molar-refractivity contribution in [1.29, 1.82) is 0 Å². The third kappa shape index (κ3) is 3.47. The third-order valence-corrected chi connectivity index (χ3v) is 7.18. The molecule has 1 fully saturated rings. The minimum absolute atomic E-state index is 0.152. The lowest BCUT2D eigenvalue weighted by molar-refractivity contribution is 0.147. The molecule has 124 valence electrons. The van der Waals surface area contributed by atoms with Crippen molar-refractivity contribution < 1.29 is 12.8 Å². The van der Waals surface area contributed by atoms with Gasteiger partial charge in [-0.1, -0.05) is 6.07 Å². The average Bonchev–Trinajstić information content (AvgIpc) is 3.09. The van der Waals surface area contributed by atoms with E-state index in [9.17, 15) is 12.8 Å². The Balaban J connectivity index is 1.67. The summed E-state index contributed by atoms with van der Waals surface area (Å²) in [5.41, 5.74) is 0. The Kier molecular flexibility index (Phi) is 4.82. The molecule has 0 spiro atoms. The van der Waals surface area contributed by atoms with E-state index in [2.05, 4.69) is 23.3 Å². The third-order valence-electron chi connectivity index (χ3n) is 4.23. The van der Waals surface area contributed by atoms with E-state index < -0.39 is 15.8 Å². The van der Waals surface area contributed by atoms with Crippen molar-refractivity contribution in [2.75, 3.05) is 26.2 Å². The second-order valence-electron chi connectivity index (χ2n) is 5.59. The number of rotatable bonds is 4. The number of thiophene rings is 1. The van der Waals surface area contributed by atoms with E-state index in [1.54, 1.807) is 11.3 Å². The number of benzene rings is 1. The average molecular weight is 354 g/mol. The van der Waals surface area contributed by atoms with Crippen LogP contribution in [0.4, 0.5) is 4.39 Å². The molecule has 1 saturated heterocycles. The Morgan fingerprint density at radius 2 is 1.74 bits per heavy atom. The predicted octanol–water partition coefficient (Wildman–Crippen LogP) is 2.95. The Morgan fingerprint density at radius 1 is 1.09 bits per heavy atom. The first kappa shape index (κ1) is 16.6. The normalized spacial score (nSPS) is 18.9. The molecule has 1 aliphatic rings. The van der Waals surface area contributed by atoms with Crippen LogP contribution < -0.4 is 0 Å². The lowest BCUT2D eigenvalue weighted by atomic mass is 10.2. The molecule has 0 amide bonds. The van der Waals surface area contributed by atoms with Crippen molar-refractivity contribution in [2.24, 2.45) is 0 Å². The molecular formula is C16H19FN2O2S2. The molecule has 4 nitrogen and oxygen atoms in total. The summed E-state index contributed by atoms with van der Waals surface area (Å²) in [4.78, 5) is 3.74. The van der Waals surface area contributed by atoms with Crippen LogP contribution in [0.5, 0.6) is 0 Å². The van der Waals surface area contributed by atoms with Crippen LogP contribution in [0.1, 0.15) is 17.8 Å². The highest BCUT2D eigenvalue weighted by Gasteiger charge is 2.30. The molecule has 1 aromatic heterocycles. The molecule has 1 aromatic carbocycles. The van der Waals surface area contributed by atoms with Crippen LogP contribution in [0.2, 0.25) is 0 Å². The predicted molar refractivity (Wildman–Crippen MR) is 89.5 cm³/mol. The van der Waals surface area contributed by atoms with E-state index in [-0.39, 0.29) is 4.90 Å². The van der Waals surface area contributed by atoms with Gasteiger partial charge in [-0.2, -0.15) is 4.31 Å². The molecule has 2 heterocycles. The summed E-state index contributed by atoms with van der Waals surface area (Å²) in [5.74, 6) is -0.432. The fraction of sp³-hybridized carbons (Fsp3) is 0.375. The van der Waals surface area contributed by atoms with Gasteiger partial charge in [0.15, 0.2) is 0 Å². The zero-order valence-electron chi connectivity index (χ0n) is 12.9. The van der Waals surface area contributed by atoms with Gasteiger partial charge in [-0.25, -0.2) is 12.8 Å². The molecule has 7 heteroatoms. The van der Waals surface area contributed by atoms with Crippen molar-refractivity contribution in [3.8, 4) is 0 Å². The molecule has 0 N–H and O–H groups in total. The van der Waals surface area contributed by atoms with E-state index in [0.29, 0.717) is 32.2 Å². The Labute approximate surface area is 140 Å². The fourth-order valence-corrected chi connectivity index (χ4v) is 5.04. The van der Waals surface area contributed by atoms with Gasteiger partial charge in [-0.3, -0.25) is 4.90 Å². The minimum Gasteiger partial charge on any atom is -0.293 e. The first-order valence-electron chi connectivity index (χ1n) is 7.51. The molecule has 23 heavy (non-hydrogen) atoms. The fourth-order valence-electron chi connectivity index (χ4n) is 2.80. The number of sulfonamides is 1. The SMILES string of the molecule is CC(c1cccs1)N1CCN(S(=O)(=O)c2ccc(F)cc2)CC1. The number of nitrogens with zero attached hydrogens (tertiary/aromatic N) is 2. The number of halogens is 1. The molecule has 0 radical (unpaired) electrons. The maximum atomic E-state index is 13.0. The quantitative estimate of drug-likeness (QED) is 0.848. The van der Waals surface area contributed by atoms with Crippen LogP contribution in [0.15, 0.2) is 46.7 Å². The van der Waals surface area contributed by atoms with Gasteiger partial charge in [-0.15, -0.1) is 11.3 Å². The van der Waals surface area contributed by atoms with Crippen molar-refractivity contribution in [2.45, 2.75) is 17.9 Å². The second kappa shape index (κ2) is 6.68. The van der Waals surface area contributed by atoms with Crippen LogP contribution >= 0.6 is 11.3 Å². The molecule has 1 unspecified atom stereocenters. The van der Waals surface area contributed by atoms with Crippen molar-refractivity contribution in [1.82, 2.24) is 9.21 Å². The summed E-state index contributed by atoms with van der Waals surface area (Å²) >= 11 is 1.72. The van der Waals surface area contributed by atoms with Crippen LogP contribution in [0.3, 0.4) is 0 Å². The van der Waals surface area contributed by atoms with Crippen molar-refractivity contribution >= 4 is 21.4 Å². The lowest BCUT2D eigenvalue weighted by Crippen LogP contribution is -2.49. The summed E-state index contributed by atoms with van der Waals surface area (Å²) in [7, 11) is -3.54. The second-order valence-corrected chi connectivity index (χ2v) is 8.50. The van der Waals surface area contributed by atoms with Gasteiger partial charge >= 0.3 is 0 Å². The van der Waals surface area contributed by atoms with Gasteiger partial charge < -0.3 is 0 Å². The molecule has 1 aliphatic heterocycles. The molecule has 1 atom stereocenters. The van der Waals surface area contributed by atoms with Gasteiger partial charge in [0.25, 0.3) is 0 Å². The van der Waals surface area contributed by atoms with E-state index in [4.69, 9.17) is 0 Å². The van der Waals surface area contributed by atoms with Gasteiger partial charge in [0, 0.05) is 37.1 Å². The van der Waals surface area contributed by atoms with Gasteiger partial charge in [0.1, 0.15) is 5.82 Å². The summed E-state index contributed by atoms with van der Waals surface area (Å²) < 4.78 is 39.6. The zero-order chi connectivity index (χ0) is 16.4. The van der Waals surface area contributed by atoms with Crippen LogP contribution in [-0.4, -0.2) is 43.8 Å². The Hall–Kier alpha value is -1.28. The van der Waals surface area contributed by atoms with Gasteiger partial charge in [0.05, 0.1) is 4.90 Å². The van der Waals surface area contributed by atoms with Crippen molar-refractivity contribution in [3.63, 3.8) is 0 Å². The molecule has 0 saturated carbocycles. The van der Waals surface area contributed by atoms with Crippen molar-refractivity contribution in [3.05, 3.63) is 52.5 Å².